The zero-order valence-corrected chi connectivity index (χ0v) is 22.5. The first kappa shape index (κ1) is 24.5. The summed E-state index contributed by atoms with van der Waals surface area (Å²) in [5.74, 6) is -0.667. The van der Waals surface area contributed by atoms with E-state index in [1.807, 2.05) is 54.9 Å². The second-order valence-corrected chi connectivity index (χ2v) is 10.7. The van der Waals surface area contributed by atoms with Gasteiger partial charge < -0.3 is 9.13 Å². The Labute approximate surface area is 232 Å². The van der Waals surface area contributed by atoms with Crippen molar-refractivity contribution in [3.8, 4) is 0 Å². The lowest BCUT2D eigenvalue weighted by molar-refractivity contribution is -0.122. The smallest absolute Gasteiger partial charge is 0.259 e. The van der Waals surface area contributed by atoms with Crippen LogP contribution in [0.5, 0.6) is 0 Å². The first-order valence-electron chi connectivity index (χ1n) is 14.0. The first-order chi connectivity index (χ1) is 19.6. The van der Waals surface area contributed by atoms with Crippen molar-refractivity contribution in [3.05, 3.63) is 102 Å². The number of aromatic nitrogens is 3. The summed E-state index contributed by atoms with van der Waals surface area (Å²) in [7, 11) is 0. The van der Waals surface area contributed by atoms with Crippen molar-refractivity contribution in [2.24, 2.45) is 0 Å². The number of pyridine rings is 1. The van der Waals surface area contributed by atoms with E-state index in [9.17, 15) is 9.59 Å². The number of aryl methyl sites for hydroxylation is 1. The molecule has 5 heterocycles. The summed E-state index contributed by atoms with van der Waals surface area (Å²) >= 11 is 0. The van der Waals surface area contributed by atoms with Crippen LogP contribution >= 0.6 is 0 Å². The second-order valence-electron chi connectivity index (χ2n) is 10.7. The third-order valence-corrected chi connectivity index (χ3v) is 8.40. The van der Waals surface area contributed by atoms with Crippen LogP contribution in [0.25, 0.3) is 33.0 Å². The highest BCUT2D eigenvalue weighted by Gasteiger charge is 2.36. The molecule has 0 bridgehead atoms. The number of nitrogens with zero attached hydrogens (tertiary/aromatic N) is 4. The van der Waals surface area contributed by atoms with Gasteiger partial charge in [0.05, 0.1) is 16.8 Å². The molecule has 200 valence electrons. The zero-order valence-electron chi connectivity index (χ0n) is 22.5. The predicted octanol–water partition coefficient (Wildman–Crippen LogP) is 5.42. The van der Waals surface area contributed by atoms with Gasteiger partial charge in [0.2, 0.25) is 0 Å². The Morgan fingerprint density at radius 1 is 0.800 bits per heavy atom. The topological polar surface area (TPSA) is 72.2 Å². The van der Waals surface area contributed by atoms with E-state index in [1.165, 1.54) is 0 Å². The molecule has 1 N–H and O–H groups in total. The Kier molecular flexibility index (Phi) is 6.09. The maximum Gasteiger partial charge on any atom is 0.259 e. The van der Waals surface area contributed by atoms with Crippen LogP contribution < -0.4 is 5.32 Å². The zero-order chi connectivity index (χ0) is 27.2. The Hall–Kier alpha value is -4.49. The number of likely N-dealkylation sites (tertiary alicyclic amines) is 1. The number of carbonyl (C=O) groups is 2. The van der Waals surface area contributed by atoms with E-state index in [0.29, 0.717) is 17.2 Å². The molecular weight excluding hydrogens is 498 g/mol. The lowest BCUT2D eigenvalue weighted by Gasteiger charge is -2.33. The van der Waals surface area contributed by atoms with Crippen LogP contribution in [0.15, 0.2) is 85.3 Å². The van der Waals surface area contributed by atoms with Crippen LogP contribution in [-0.4, -0.2) is 43.9 Å². The average Bonchev–Trinajstić information content (AvgIpc) is 3.64. The molecule has 0 radical (unpaired) electrons. The minimum atomic E-state index is -0.335. The van der Waals surface area contributed by atoms with Crippen molar-refractivity contribution in [1.29, 1.82) is 0 Å². The van der Waals surface area contributed by atoms with Crippen molar-refractivity contribution < 1.29 is 9.59 Å². The summed E-state index contributed by atoms with van der Waals surface area (Å²) < 4.78 is 4.46. The van der Waals surface area contributed by atoms with Crippen LogP contribution in [0.1, 0.15) is 42.6 Å². The van der Waals surface area contributed by atoms with E-state index >= 15 is 0 Å². The van der Waals surface area contributed by atoms with Gasteiger partial charge in [-0.15, -0.1) is 0 Å². The highest BCUT2D eigenvalue weighted by molar-refractivity contribution is 6.50. The van der Waals surface area contributed by atoms with Crippen molar-refractivity contribution in [2.45, 2.75) is 38.9 Å². The molecule has 0 atom stereocenters. The lowest BCUT2D eigenvalue weighted by atomic mass is 9.95. The van der Waals surface area contributed by atoms with Gasteiger partial charge in [0.1, 0.15) is 0 Å². The quantitative estimate of drug-likeness (QED) is 0.299. The molecule has 2 aromatic carbocycles. The minimum Gasteiger partial charge on any atom is -0.347 e. The van der Waals surface area contributed by atoms with Crippen LogP contribution in [0.3, 0.4) is 0 Å². The average molecular weight is 530 g/mol. The molecule has 40 heavy (non-hydrogen) atoms. The summed E-state index contributed by atoms with van der Waals surface area (Å²) in [6.07, 6.45) is 7.98. The fourth-order valence-corrected chi connectivity index (χ4v) is 6.46. The fraction of sp³-hybridized carbons (Fsp3) is 0.242. The number of piperidine rings is 1. The molecule has 3 aromatic heterocycles. The maximum atomic E-state index is 13.4. The number of amides is 2. The van der Waals surface area contributed by atoms with Crippen LogP contribution in [0, 0.1) is 0 Å². The largest absolute Gasteiger partial charge is 0.347 e. The summed E-state index contributed by atoms with van der Waals surface area (Å²) in [4.78, 5) is 33.7. The lowest BCUT2D eigenvalue weighted by Crippen LogP contribution is -2.34. The molecular formula is C33H31N5O2. The molecule has 7 nitrogen and oxygen atoms in total. The van der Waals surface area contributed by atoms with Crippen molar-refractivity contribution in [3.63, 3.8) is 0 Å². The van der Waals surface area contributed by atoms with Gasteiger partial charge in [-0.2, -0.15) is 0 Å². The summed E-state index contributed by atoms with van der Waals surface area (Å²) in [5.41, 5.74) is 5.78. The first-order valence-corrected chi connectivity index (χ1v) is 14.0. The molecule has 7 heteroatoms. The molecule has 2 aliphatic heterocycles. The highest BCUT2D eigenvalue weighted by Crippen LogP contribution is 2.40. The number of hydrogen-bond acceptors (Lipinski definition) is 4. The van der Waals surface area contributed by atoms with Gasteiger partial charge in [-0.1, -0.05) is 42.5 Å². The SMILES string of the molecule is CCn1cc(C2=C(c3cn(C4CCN(Cc5ccccn5)CC4)c4ccccc34)C(=O)NC2=O)c2ccccc21. The van der Waals surface area contributed by atoms with Crippen LogP contribution in [0.4, 0.5) is 0 Å². The second kappa shape index (κ2) is 9.92. The Morgan fingerprint density at radius 3 is 2.10 bits per heavy atom. The standard InChI is InChI=1S/C33H31N5O2/c1-2-37-20-26(24-10-3-5-12-28(24)37)30-31(33(40)35-32(30)39)27-21-38(29-13-6-4-11-25(27)29)23-14-17-36(18-15-23)19-22-9-7-8-16-34-22/h3-13,16,20-21,23H,2,14-15,17-19H2,1H3,(H,35,39,40). The van der Waals surface area contributed by atoms with Gasteiger partial charge in [0.25, 0.3) is 11.8 Å². The summed E-state index contributed by atoms with van der Waals surface area (Å²) in [6.45, 7) is 5.67. The number of carbonyl (C=O) groups excluding carboxylic acids is 2. The molecule has 0 unspecified atom stereocenters. The van der Waals surface area contributed by atoms with Crippen molar-refractivity contribution >= 4 is 44.8 Å². The molecule has 5 aromatic rings. The minimum absolute atomic E-state index is 0.310. The molecule has 0 aliphatic carbocycles. The highest BCUT2D eigenvalue weighted by atomic mass is 16.2. The predicted molar refractivity (Wildman–Crippen MR) is 157 cm³/mol. The van der Waals surface area contributed by atoms with Gasteiger partial charge in [-0.05, 0) is 44.0 Å². The van der Waals surface area contributed by atoms with Gasteiger partial charge in [0, 0.05) is 83.7 Å². The van der Waals surface area contributed by atoms with Gasteiger partial charge in [-0.25, -0.2) is 0 Å². The normalized spacial score (nSPS) is 16.9. The van der Waals surface area contributed by atoms with Gasteiger partial charge in [0.15, 0.2) is 0 Å². The molecule has 2 amide bonds. The van der Waals surface area contributed by atoms with Crippen LogP contribution in [-0.2, 0) is 22.7 Å². The molecule has 7 rings (SSSR count). The number of imide groups is 1. The number of rotatable bonds is 6. The third kappa shape index (κ3) is 4.05. The van der Waals surface area contributed by atoms with Crippen LogP contribution in [0.2, 0.25) is 0 Å². The molecule has 1 fully saturated rings. The summed E-state index contributed by atoms with van der Waals surface area (Å²) in [5, 5.41) is 4.58. The third-order valence-electron chi connectivity index (χ3n) is 8.40. The fourth-order valence-electron chi connectivity index (χ4n) is 6.46. The monoisotopic (exact) mass is 529 g/mol. The number of para-hydroxylation sites is 2. The van der Waals surface area contributed by atoms with E-state index in [1.54, 1.807) is 0 Å². The number of fused-ring (bicyclic) bond motifs is 2. The molecule has 1 saturated heterocycles. The molecule has 0 saturated carbocycles. The van der Waals surface area contributed by atoms with E-state index in [2.05, 4.69) is 61.7 Å². The van der Waals surface area contributed by atoms with E-state index < -0.39 is 0 Å². The van der Waals surface area contributed by atoms with Gasteiger partial charge in [-0.3, -0.25) is 24.8 Å². The molecule has 2 aliphatic rings. The van der Waals surface area contributed by atoms with Crippen molar-refractivity contribution in [1.82, 2.24) is 24.3 Å². The molecule has 0 spiro atoms. The van der Waals surface area contributed by atoms with E-state index in [4.69, 9.17) is 0 Å². The van der Waals surface area contributed by atoms with Gasteiger partial charge >= 0.3 is 0 Å². The van der Waals surface area contributed by atoms with E-state index in [0.717, 1.165) is 77.6 Å². The Balaban J connectivity index is 1.29. The Bertz CT molecular complexity index is 1790. The number of hydrogen-bond donors (Lipinski definition) is 1. The number of benzene rings is 2. The Morgan fingerprint density at radius 2 is 1.43 bits per heavy atom. The maximum absolute atomic E-state index is 13.4. The van der Waals surface area contributed by atoms with E-state index in [-0.39, 0.29) is 11.8 Å². The summed E-state index contributed by atoms with van der Waals surface area (Å²) in [6, 6.07) is 22.7. The number of nitrogens with one attached hydrogen (secondary N) is 1. The van der Waals surface area contributed by atoms with Crippen molar-refractivity contribution in [2.75, 3.05) is 13.1 Å².